The van der Waals surface area contributed by atoms with Crippen LogP contribution in [-0.2, 0) is 11.2 Å². The lowest BCUT2D eigenvalue weighted by molar-refractivity contribution is -0.0652. The van der Waals surface area contributed by atoms with Crippen LogP contribution in [0.3, 0.4) is 0 Å². The fraction of sp³-hybridized carbons (Fsp3) is 0.500. The summed E-state index contributed by atoms with van der Waals surface area (Å²) in [4.78, 5) is 0. The third-order valence-corrected chi connectivity index (χ3v) is 2.75. The third-order valence-electron chi connectivity index (χ3n) is 2.75. The number of halogens is 1. The maximum atomic E-state index is 12.6. The second-order valence-electron chi connectivity index (χ2n) is 4.28. The van der Waals surface area contributed by atoms with Crippen LogP contribution in [0.1, 0.15) is 12.5 Å². The molecule has 2 rings (SSSR count). The Morgan fingerprint density at radius 2 is 2.00 bits per heavy atom. The monoisotopic (exact) mass is 209 g/mol. The second-order valence-corrected chi connectivity index (χ2v) is 4.28. The van der Waals surface area contributed by atoms with Crippen LogP contribution in [0, 0.1) is 5.82 Å². The standard InChI is InChI=1S/C12H16FNO/c1-12(8-14-9-12)15-7-6-10-2-4-11(13)5-3-10/h2-5,14H,6-9H2,1H3. The molecule has 0 atom stereocenters. The van der Waals surface area contributed by atoms with Gasteiger partial charge in [0.05, 0.1) is 12.2 Å². The highest BCUT2D eigenvalue weighted by Crippen LogP contribution is 2.15. The van der Waals surface area contributed by atoms with E-state index in [9.17, 15) is 4.39 Å². The van der Waals surface area contributed by atoms with E-state index in [4.69, 9.17) is 4.74 Å². The average molecular weight is 209 g/mol. The number of hydrogen-bond acceptors (Lipinski definition) is 2. The van der Waals surface area contributed by atoms with E-state index in [0.717, 1.165) is 25.1 Å². The minimum atomic E-state index is -0.185. The topological polar surface area (TPSA) is 21.3 Å². The van der Waals surface area contributed by atoms with Crippen LogP contribution in [0.4, 0.5) is 4.39 Å². The van der Waals surface area contributed by atoms with Crippen molar-refractivity contribution in [1.29, 1.82) is 0 Å². The Labute approximate surface area is 89.4 Å². The van der Waals surface area contributed by atoms with Gasteiger partial charge in [0, 0.05) is 13.1 Å². The van der Waals surface area contributed by atoms with Crippen molar-refractivity contribution < 1.29 is 9.13 Å². The van der Waals surface area contributed by atoms with E-state index < -0.39 is 0 Å². The van der Waals surface area contributed by atoms with Crippen LogP contribution in [0.2, 0.25) is 0 Å². The van der Waals surface area contributed by atoms with Crippen LogP contribution in [0.25, 0.3) is 0 Å². The van der Waals surface area contributed by atoms with Gasteiger partial charge in [-0.3, -0.25) is 0 Å². The van der Waals surface area contributed by atoms with Crippen LogP contribution in [-0.4, -0.2) is 25.3 Å². The first-order chi connectivity index (χ1) is 7.18. The number of hydrogen-bond donors (Lipinski definition) is 1. The van der Waals surface area contributed by atoms with Crippen molar-refractivity contribution in [3.63, 3.8) is 0 Å². The lowest BCUT2D eigenvalue weighted by atomic mass is 10.00. The van der Waals surface area contributed by atoms with Gasteiger partial charge in [0.15, 0.2) is 0 Å². The second kappa shape index (κ2) is 4.29. The van der Waals surface area contributed by atoms with Gasteiger partial charge >= 0.3 is 0 Å². The van der Waals surface area contributed by atoms with Gasteiger partial charge in [-0.1, -0.05) is 12.1 Å². The molecule has 0 aromatic heterocycles. The summed E-state index contributed by atoms with van der Waals surface area (Å²) in [6.07, 6.45) is 0.843. The quantitative estimate of drug-likeness (QED) is 0.815. The minimum absolute atomic E-state index is 0.0139. The normalized spacial score (nSPS) is 18.5. The van der Waals surface area contributed by atoms with E-state index in [0.29, 0.717) is 6.61 Å². The SMILES string of the molecule is CC1(OCCc2ccc(F)cc2)CNC1. The van der Waals surface area contributed by atoms with Crippen molar-refractivity contribution in [1.82, 2.24) is 5.32 Å². The van der Waals surface area contributed by atoms with Crippen molar-refractivity contribution >= 4 is 0 Å². The van der Waals surface area contributed by atoms with E-state index in [1.807, 2.05) is 0 Å². The zero-order valence-electron chi connectivity index (χ0n) is 8.92. The molecular formula is C12H16FNO. The van der Waals surface area contributed by atoms with Gasteiger partial charge in [-0.05, 0) is 31.0 Å². The molecule has 1 saturated heterocycles. The molecule has 1 aliphatic rings. The molecule has 0 amide bonds. The molecule has 2 nitrogen and oxygen atoms in total. The summed E-state index contributed by atoms with van der Waals surface area (Å²) in [6, 6.07) is 6.59. The van der Waals surface area contributed by atoms with Gasteiger partial charge < -0.3 is 10.1 Å². The molecule has 0 bridgehead atoms. The van der Waals surface area contributed by atoms with Gasteiger partial charge in [0.2, 0.25) is 0 Å². The molecule has 1 aliphatic heterocycles. The number of rotatable bonds is 4. The molecule has 0 saturated carbocycles. The Morgan fingerprint density at radius 3 is 2.53 bits per heavy atom. The molecule has 0 radical (unpaired) electrons. The molecule has 0 unspecified atom stereocenters. The molecular weight excluding hydrogens is 193 g/mol. The Hall–Kier alpha value is -0.930. The third kappa shape index (κ3) is 2.76. The van der Waals surface area contributed by atoms with E-state index in [-0.39, 0.29) is 11.4 Å². The lowest BCUT2D eigenvalue weighted by Gasteiger charge is -2.39. The van der Waals surface area contributed by atoms with Gasteiger partial charge in [-0.2, -0.15) is 0 Å². The number of nitrogens with one attached hydrogen (secondary N) is 1. The lowest BCUT2D eigenvalue weighted by Crippen LogP contribution is -2.59. The van der Waals surface area contributed by atoms with Crippen LogP contribution >= 0.6 is 0 Å². The predicted molar refractivity (Wildman–Crippen MR) is 57.3 cm³/mol. The van der Waals surface area contributed by atoms with Crippen molar-refractivity contribution in [2.45, 2.75) is 18.9 Å². The summed E-state index contributed by atoms with van der Waals surface area (Å²) in [7, 11) is 0. The van der Waals surface area contributed by atoms with Crippen molar-refractivity contribution in [2.24, 2.45) is 0 Å². The molecule has 1 fully saturated rings. The summed E-state index contributed by atoms with van der Waals surface area (Å²) in [5.41, 5.74) is 1.13. The fourth-order valence-electron chi connectivity index (χ4n) is 1.65. The zero-order chi connectivity index (χ0) is 10.7. The van der Waals surface area contributed by atoms with Gasteiger partial charge in [-0.25, -0.2) is 4.39 Å². The van der Waals surface area contributed by atoms with Crippen LogP contribution < -0.4 is 5.32 Å². The molecule has 0 spiro atoms. The Balaban J connectivity index is 1.76. The highest BCUT2D eigenvalue weighted by molar-refractivity contribution is 5.16. The Bertz CT molecular complexity index is 319. The summed E-state index contributed by atoms with van der Waals surface area (Å²) in [6.45, 7) is 4.66. The maximum absolute atomic E-state index is 12.6. The highest BCUT2D eigenvalue weighted by atomic mass is 19.1. The largest absolute Gasteiger partial charge is 0.372 e. The van der Waals surface area contributed by atoms with E-state index >= 15 is 0 Å². The summed E-state index contributed by atoms with van der Waals surface area (Å²) in [5, 5.41) is 3.18. The molecule has 15 heavy (non-hydrogen) atoms. The van der Waals surface area contributed by atoms with Gasteiger partial charge in [-0.15, -0.1) is 0 Å². The summed E-state index contributed by atoms with van der Waals surface area (Å²) >= 11 is 0. The summed E-state index contributed by atoms with van der Waals surface area (Å²) in [5.74, 6) is -0.185. The van der Waals surface area contributed by atoms with E-state index in [1.165, 1.54) is 12.1 Å². The first-order valence-corrected chi connectivity index (χ1v) is 5.27. The van der Waals surface area contributed by atoms with Gasteiger partial charge in [0.25, 0.3) is 0 Å². The van der Waals surface area contributed by atoms with Crippen molar-refractivity contribution in [2.75, 3.05) is 19.7 Å². The average Bonchev–Trinajstić information content (AvgIpc) is 2.19. The van der Waals surface area contributed by atoms with Crippen molar-refractivity contribution in [3.05, 3.63) is 35.6 Å². The molecule has 3 heteroatoms. The molecule has 1 N–H and O–H groups in total. The van der Waals surface area contributed by atoms with Crippen molar-refractivity contribution in [3.8, 4) is 0 Å². The van der Waals surface area contributed by atoms with Crippen LogP contribution in [0.15, 0.2) is 24.3 Å². The zero-order valence-corrected chi connectivity index (χ0v) is 8.92. The van der Waals surface area contributed by atoms with E-state index in [2.05, 4.69) is 12.2 Å². The molecule has 1 aromatic carbocycles. The van der Waals surface area contributed by atoms with Crippen LogP contribution in [0.5, 0.6) is 0 Å². The Morgan fingerprint density at radius 1 is 1.33 bits per heavy atom. The molecule has 1 aromatic rings. The Kier molecular flexibility index (Phi) is 3.03. The highest BCUT2D eigenvalue weighted by Gasteiger charge is 2.31. The van der Waals surface area contributed by atoms with Gasteiger partial charge in [0.1, 0.15) is 5.82 Å². The number of ether oxygens (including phenoxy) is 1. The maximum Gasteiger partial charge on any atom is 0.123 e. The molecule has 82 valence electrons. The fourth-order valence-corrected chi connectivity index (χ4v) is 1.65. The smallest absolute Gasteiger partial charge is 0.123 e. The predicted octanol–water partition coefficient (Wildman–Crippen LogP) is 1.75. The first kappa shape index (κ1) is 10.6. The summed E-state index contributed by atoms with van der Waals surface area (Å²) < 4.78 is 18.4. The van der Waals surface area contributed by atoms with E-state index in [1.54, 1.807) is 12.1 Å². The molecule has 1 heterocycles. The number of benzene rings is 1. The first-order valence-electron chi connectivity index (χ1n) is 5.27. The minimum Gasteiger partial charge on any atom is -0.372 e. The molecule has 0 aliphatic carbocycles.